The Labute approximate surface area is 74.9 Å². The van der Waals surface area contributed by atoms with Crippen LogP contribution in [-0.4, -0.2) is 5.78 Å². The fraction of sp³-hybridized carbons (Fsp3) is 0.727. The van der Waals surface area contributed by atoms with E-state index in [-0.39, 0.29) is 5.92 Å². The van der Waals surface area contributed by atoms with Crippen LogP contribution < -0.4 is 0 Å². The standard InChI is InChI=1S/C11H18O/c1-7-5-8(2)9(3)11(6-7)10(4)12/h5,8-9,11H,6H2,1-4H3/t8-,9+,11-/m1/s1. The molecule has 0 unspecified atom stereocenters. The zero-order chi connectivity index (χ0) is 9.30. The van der Waals surface area contributed by atoms with Crippen LogP contribution in [0.5, 0.6) is 0 Å². The van der Waals surface area contributed by atoms with Crippen molar-refractivity contribution < 1.29 is 4.79 Å². The minimum Gasteiger partial charge on any atom is -0.300 e. The van der Waals surface area contributed by atoms with Crippen LogP contribution in [0.2, 0.25) is 0 Å². The lowest BCUT2D eigenvalue weighted by Gasteiger charge is -2.30. The molecule has 0 heterocycles. The molecule has 0 aliphatic heterocycles. The summed E-state index contributed by atoms with van der Waals surface area (Å²) < 4.78 is 0. The van der Waals surface area contributed by atoms with Gasteiger partial charge in [0.25, 0.3) is 0 Å². The van der Waals surface area contributed by atoms with Crippen LogP contribution >= 0.6 is 0 Å². The summed E-state index contributed by atoms with van der Waals surface area (Å²) in [6, 6.07) is 0. The van der Waals surface area contributed by atoms with Crippen molar-refractivity contribution in [3.63, 3.8) is 0 Å². The Morgan fingerprint density at radius 2 is 2.08 bits per heavy atom. The van der Waals surface area contributed by atoms with Crippen molar-refractivity contribution in [1.29, 1.82) is 0 Å². The van der Waals surface area contributed by atoms with Crippen molar-refractivity contribution in [3.8, 4) is 0 Å². The predicted molar refractivity (Wildman–Crippen MR) is 50.9 cm³/mol. The van der Waals surface area contributed by atoms with Crippen molar-refractivity contribution >= 4 is 5.78 Å². The molecule has 0 fully saturated rings. The van der Waals surface area contributed by atoms with Crippen LogP contribution in [0.25, 0.3) is 0 Å². The van der Waals surface area contributed by atoms with Crippen molar-refractivity contribution in [1.82, 2.24) is 0 Å². The lowest BCUT2D eigenvalue weighted by molar-refractivity contribution is -0.122. The topological polar surface area (TPSA) is 17.1 Å². The maximum atomic E-state index is 11.3. The Balaban J connectivity index is 2.80. The van der Waals surface area contributed by atoms with Gasteiger partial charge in [0.1, 0.15) is 5.78 Å². The van der Waals surface area contributed by atoms with Crippen LogP contribution in [0.4, 0.5) is 0 Å². The first kappa shape index (κ1) is 9.50. The molecule has 0 radical (unpaired) electrons. The molecule has 0 N–H and O–H groups in total. The minimum atomic E-state index is 0.269. The highest BCUT2D eigenvalue weighted by Crippen LogP contribution is 2.33. The molecule has 0 saturated carbocycles. The number of Topliss-reactive ketones (excluding diaryl/α,β-unsaturated/α-hetero) is 1. The third-order valence-electron chi connectivity index (χ3n) is 3.08. The lowest BCUT2D eigenvalue weighted by atomic mass is 9.73. The van der Waals surface area contributed by atoms with Crippen LogP contribution in [0.1, 0.15) is 34.1 Å². The van der Waals surface area contributed by atoms with Crippen LogP contribution in [0, 0.1) is 17.8 Å². The molecule has 1 nitrogen and oxygen atoms in total. The van der Waals surface area contributed by atoms with Gasteiger partial charge in [-0.2, -0.15) is 0 Å². The lowest BCUT2D eigenvalue weighted by Crippen LogP contribution is -2.27. The van der Waals surface area contributed by atoms with Gasteiger partial charge < -0.3 is 0 Å². The average Bonchev–Trinajstić information content (AvgIpc) is 1.96. The van der Waals surface area contributed by atoms with Crippen molar-refractivity contribution in [2.24, 2.45) is 17.8 Å². The van der Waals surface area contributed by atoms with Crippen LogP contribution in [-0.2, 0) is 4.79 Å². The van der Waals surface area contributed by atoms with Crippen molar-refractivity contribution in [2.45, 2.75) is 34.1 Å². The fourth-order valence-electron chi connectivity index (χ4n) is 2.08. The van der Waals surface area contributed by atoms with Gasteiger partial charge in [-0.15, -0.1) is 0 Å². The van der Waals surface area contributed by atoms with Crippen LogP contribution in [0.3, 0.4) is 0 Å². The van der Waals surface area contributed by atoms with Crippen LogP contribution in [0.15, 0.2) is 11.6 Å². The van der Waals surface area contributed by atoms with E-state index in [1.165, 1.54) is 5.57 Å². The van der Waals surface area contributed by atoms with E-state index in [4.69, 9.17) is 0 Å². The minimum absolute atomic E-state index is 0.269. The summed E-state index contributed by atoms with van der Waals surface area (Å²) in [6.07, 6.45) is 3.27. The smallest absolute Gasteiger partial charge is 0.133 e. The highest BCUT2D eigenvalue weighted by atomic mass is 16.1. The van der Waals surface area contributed by atoms with Gasteiger partial charge in [-0.05, 0) is 32.1 Å². The van der Waals surface area contributed by atoms with E-state index in [0.29, 0.717) is 17.6 Å². The third-order valence-corrected chi connectivity index (χ3v) is 3.08. The van der Waals surface area contributed by atoms with E-state index in [9.17, 15) is 4.79 Å². The van der Waals surface area contributed by atoms with E-state index >= 15 is 0 Å². The average molecular weight is 166 g/mol. The quantitative estimate of drug-likeness (QED) is 0.547. The first-order valence-electron chi connectivity index (χ1n) is 4.70. The third kappa shape index (κ3) is 1.77. The first-order chi connectivity index (χ1) is 5.52. The Kier molecular flexibility index (Phi) is 2.71. The molecule has 1 heteroatoms. The number of ketones is 1. The molecule has 0 amide bonds. The normalized spacial score (nSPS) is 36.0. The van der Waals surface area contributed by atoms with Gasteiger partial charge in [0, 0.05) is 5.92 Å². The van der Waals surface area contributed by atoms with Gasteiger partial charge in [-0.3, -0.25) is 4.79 Å². The summed E-state index contributed by atoms with van der Waals surface area (Å²) in [5.74, 6) is 1.70. The zero-order valence-corrected chi connectivity index (χ0v) is 8.42. The first-order valence-corrected chi connectivity index (χ1v) is 4.70. The number of hydrogen-bond donors (Lipinski definition) is 0. The van der Waals surface area contributed by atoms with Gasteiger partial charge in [0.15, 0.2) is 0 Å². The van der Waals surface area contributed by atoms with Crippen molar-refractivity contribution in [2.75, 3.05) is 0 Å². The van der Waals surface area contributed by atoms with Gasteiger partial charge >= 0.3 is 0 Å². The Hall–Kier alpha value is -0.590. The molecule has 0 aromatic carbocycles. The van der Waals surface area contributed by atoms with Gasteiger partial charge in [0.2, 0.25) is 0 Å². The number of allylic oxidation sites excluding steroid dienone is 2. The second-order valence-electron chi connectivity index (χ2n) is 4.15. The largest absolute Gasteiger partial charge is 0.300 e. The second kappa shape index (κ2) is 3.42. The predicted octanol–water partition coefficient (Wildman–Crippen LogP) is 2.81. The second-order valence-corrected chi connectivity index (χ2v) is 4.15. The molecule has 1 aliphatic rings. The molecule has 0 saturated heterocycles. The van der Waals surface area contributed by atoms with Gasteiger partial charge in [-0.25, -0.2) is 0 Å². The van der Waals surface area contributed by atoms with Gasteiger partial charge in [0.05, 0.1) is 0 Å². The summed E-state index contributed by atoms with van der Waals surface area (Å²) in [5.41, 5.74) is 1.38. The van der Waals surface area contributed by atoms with E-state index in [0.717, 1.165) is 6.42 Å². The maximum absolute atomic E-state index is 11.3. The molecular weight excluding hydrogens is 148 g/mol. The summed E-state index contributed by atoms with van der Waals surface area (Å²) in [5, 5.41) is 0. The summed E-state index contributed by atoms with van der Waals surface area (Å²) in [4.78, 5) is 11.3. The molecule has 0 bridgehead atoms. The zero-order valence-electron chi connectivity index (χ0n) is 8.42. The summed E-state index contributed by atoms with van der Waals surface area (Å²) in [7, 11) is 0. The molecule has 12 heavy (non-hydrogen) atoms. The molecule has 0 aromatic heterocycles. The van der Waals surface area contributed by atoms with E-state index in [2.05, 4.69) is 26.8 Å². The summed E-state index contributed by atoms with van der Waals surface area (Å²) >= 11 is 0. The molecular formula is C11H18O. The Morgan fingerprint density at radius 3 is 2.58 bits per heavy atom. The number of carbonyl (C=O) groups excluding carboxylic acids is 1. The van der Waals surface area contributed by atoms with Crippen molar-refractivity contribution in [3.05, 3.63) is 11.6 Å². The molecule has 0 spiro atoms. The molecule has 68 valence electrons. The number of hydrogen-bond acceptors (Lipinski definition) is 1. The number of carbonyl (C=O) groups is 1. The van der Waals surface area contributed by atoms with E-state index in [1.54, 1.807) is 6.92 Å². The molecule has 1 aliphatic carbocycles. The Bertz CT molecular complexity index is 215. The van der Waals surface area contributed by atoms with Gasteiger partial charge in [-0.1, -0.05) is 25.5 Å². The molecule has 0 aromatic rings. The molecule has 3 atom stereocenters. The fourth-order valence-corrected chi connectivity index (χ4v) is 2.08. The highest BCUT2D eigenvalue weighted by Gasteiger charge is 2.28. The molecule has 1 rings (SSSR count). The SMILES string of the molecule is CC(=O)[C@@H]1CC(C)=C[C@@H](C)[C@@H]1C. The highest BCUT2D eigenvalue weighted by molar-refractivity contribution is 5.79. The maximum Gasteiger partial charge on any atom is 0.133 e. The number of rotatable bonds is 1. The van der Waals surface area contributed by atoms with E-state index < -0.39 is 0 Å². The van der Waals surface area contributed by atoms with E-state index in [1.807, 2.05) is 0 Å². The summed E-state index contributed by atoms with van der Waals surface area (Å²) in [6.45, 7) is 8.22. The monoisotopic (exact) mass is 166 g/mol. The Morgan fingerprint density at radius 1 is 1.50 bits per heavy atom.